The van der Waals surface area contributed by atoms with Gasteiger partial charge >= 0.3 is 12.1 Å². The van der Waals surface area contributed by atoms with Crippen molar-refractivity contribution in [2.24, 2.45) is 0 Å². The fourth-order valence-corrected chi connectivity index (χ4v) is 2.35. The van der Waals surface area contributed by atoms with Crippen LogP contribution in [0.2, 0.25) is 0 Å². The molecule has 0 spiro atoms. The number of benzene rings is 1. The maximum atomic E-state index is 12.0. The minimum absolute atomic E-state index is 0.396. The third kappa shape index (κ3) is 4.69. The lowest BCUT2D eigenvalue weighted by molar-refractivity contribution is -0.200. The number of halogens is 3. The smallest absolute Gasteiger partial charge is 0.449 e. The highest BCUT2D eigenvalue weighted by atomic mass is 19.4. The lowest BCUT2D eigenvalue weighted by Crippen LogP contribution is -2.34. The maximum Gasteiger partial charge on any atom is 0.490 e. The Hall–Kier alpha value is -2.09. The zero-order chi connectivity index (χ0) is 17.0. The van der Waals surface area contributed by atoms with Crippen LogP contribution in [-0.4, -0.2) is 31.2 Å². The molecular formula is C15H17F3N2O3. The standard InChI is InChI=1S/C15H17F3N2O3/c1-9(20-13(21)8-23-14(22)15(16,17)18)10-2-3-12-7-19-5-4-11(12)6-10/h2-3,6,9,19H,4-5,7-8H2,1H3,(H,20,21). The third-order valence-electron chi connectivity index (χ3n) is 3.56. The van der Waals surface area contributed by atoms with E-state index in [0.29, 0.717) is 0 Å². The first-order chi connectivity index (χ1) is 10.8. The number of hydrogen-bond acceptors (Lipinski definition) is 4. The van der Waals surface area contributed by atoms with Crippen LogP contribution in [-0.2, 0) is 27.3 Å². The Bertz CT molecular complexity index is 602. The SMILES string of the molecule is CC(NC(=O)COC(=O)C(F)(F)F)c1ccc2c(c1)CCNC2. The number of esters is 1. The molecule has 0 saturated carbocycles. The molecule has 1 aliphatic heterocycles. The van der Waals surface area contributed by atoms with Gasteiger partial charge in [-0.3, -0.25) is 4.79 Å². The Labute approximate surface area is 131 Å². The average Bonchev–Trinajstić information content (AvgIpc) is 2.51. The Morgan fingerprint density at radius 2 is 2.09 bits per heavy atom. The molecule has 0 radical (unpaired) electrons. The van der Waals surface area contributed by atoms with E-state index in [1.54, 1.807) is 6.92 Å². The van der Waals surface area contributed by atoms with Gasteiger partial charge in [-0.05, 0) is 36.6 Å². The summed E-state index contributed by atoms with van der Waals surface area (Å²) in [5.74, 6) is -3.16. The lowest BCUT2D eigenvalue weighted by atomic mass is 9.96. The van der Waals surface area contributed by atoms with E-state index in [4.69, 9.17) is 0 Å². The summed E-state index contributed by atoms with van der Waals surface area (Å²) in [5.41, 5.74) is 3.23. The van der Waals surface area contributed by atoms with Crippen LogP contribution >= 0.6 is 0 Å². The topological polar surface area (TPSA) is 67.4 Å². The van der Waals surface area contributed by atoms with Gasteiger partial charge < -0.3 is 15.4 Å². The Balaban J connectivity index is 1.90. The number of carbonyl (C=O) groups excluding carboxylic acids is 2. The van der Waals surface area contributed by atoms with Gasteiger partial charge in [0.05, 0.1) is 6.04 Å². The summed E-state index contributed by atoms with van der Waals surface area (Å²) in [5, 5.41) is 5.76. The van der Waals surface area contributed by atoms with Crippen LogP contribution in [0.15, 0.2) is 18.2 Å². The molecule has 1 heterocycles. The van der Waals surface area contributed by atoms with Crippen molar-refractivity contribution in [2.75, 3.05) is 13.2 Å². The molecule has 5 nitrogen and oxygen atoms in total. The number of fused-ring (bicyclic) bond motifs is 1. The summed E-state index contributed by atoms with van der Waals surface area (Å²) in [4.78, 5) is 22.1. The number of rotatable bonds is 4. The number of nitrogens with one attached hydrogen (secondary N) is 2. The lowest BCUT2D eigenvalue weighted by Gasteiger charge is -2.20. The quantitative estimate of drug-likeness (QED) is 0.823. The van der Waals surface area contributed by atoms with Crippen molar-refractivity contribution in [3.63, 3.8) is 0 Å². The monoisotopic (exact) mass is 330 g/mol. The molecule has 0 bridgehead atoms. The van der Waals surface area contributed by atoms with Gasteiger partial charge in [-0.1, -0.05) is 18.2 Å². The first kappa shape index (κ1) is 17.3. The fraction of sp³-hybridized carbons (Fsp3) is 0.467. The van der Waals surface area contributed by atoms with Crippen LogP contribution in [0.1, 0.15) is 29.7 Å². The van der Waals surface area contributed by atoms with E-state index in [1.807, 2.05) is 18.2 Å². The zero-order valence-corrected chi connectivity index (χ0v) is 12.5. The van der Waals surface area contributed by atoms with Crippen LogP contribution in [0.3, 0.4) is 0 Å². The molecule has 1 aromatic rings. The van der Waals surface area contributed by atoms with E-state index in [1.165, 1.54) is 11.1 Å². The maximum absolute atomic E-state index is 12.0. The highest BCUT2D eigenvalue weighted by Gasteiger charge is 2.41. The van der Waals surface area contributed by atoms with Gasteiger partial charge in [-0.2, -0.15) is 13.2 Å². The van der Waals surface area contributed by atoms with E-state index in [-0.39, 0.29) is 0 Å². The summed E-state index contributed by atoms with van der Waals surface area (Å²) in [6.07, 6.45) is -4.22. The molecule has 0 fully saturated rings. The second-order valence-electron chi connectivity index (χ2n) is 5.32. The first-order valence-electron chi connectivity index (χ1n) is 7.13. The van der Waals surface area contributed by atoms with Crippen molar-refractivity contribution in [1.82, 2.24) is 10.6 Å². The summed E-state index contributed by atoms with van der Waals surface area (Å²) in [6, 6.07) is 5.40. The molecule has 0 aromatic heterocycles. The molecular weight excluding hydrogens is 313 g/mol. The van der Waals surface area contributed by atoms with Gasteiger partial charge in [0.15, 0.2) is 6.61 Å². The second-order valence-corrected chi connectivity index (χ2v) is 5.32. The Morgan fingerprint density at radius 3 is 2.78 bits per heavy atom. The number of amides is 1. The number of ether oxygens (including phenoxy) is 1. The molecule has 8 heteroatoms. The zero-order valence-electron chi connectivity index (χ0n) is 12.5. The van der Waals surface area contributed by atoms with Crippen molar-refractivity contribution in [3.8, 4) is 0 Å². The predicted octanol–water partition coefficient (Wildman–Crippen LogP) is 1.61. The van der Waals surface area contributed by atoms with Crippen molar-refractivity contribution < 1.29 is 27.5 Å². The minimum Gasteiger partial charge on any atom is -0.449 e. The van der Waals surface area contributed by atoms with E-state index in [2.05, 4.69) is 15.4 Å². The average molecular weight is 330 g/mol. The van der Waals surface area contributed by atoms with Crippen LogP contribution in [0, 0.1) is 0 Å². The Kier molecular flexibility index (Phi) is 5.25. The summed E-state index contributed by atoms with van der Waals surface area (Å²) < 4.78 is 39.8. The van der Waals surface area contributed by atoms with Gasteiger partial charge in [0.2, 0.25) is 0 Å². The molecule has 1 amide bonds. The molecule has 1 aliphatic rings. The summed E-state index contributed by atoms with van der Waals surface area (Å²) in [7, 11) is 0. The normalized spacial score (nSPS) is 15.5. The molecule has 1 aromatic carbocycles. The van der Waals surface area contributed by atoms with Gasteiger partial charge in [-0.15, -0.1) is 0 Å². The van der Waals surface area contributed by atoms with Crippen molar-refractivity contribution in [3.05, 3.63) is 34.9 Å². The molecule has 2 N–H and O–H groups in total. The molecule has 0 aliphatic carbocycles. The van der Waals surface area contributed by atoms with Crippen LogP contribution < -0.4 is 10.6 Å². The van der Waals surface area contributed by atoms with Crippen molar-refractivity contribution in [1.29, 1.82) is 0 Å². The van der Waals surface area contributed by atoms with Gasteiger partial charge in [-0.25, -0.2) is 4.79 Å². The molecule has 2 rings (SSSR count). The highest BCUT2D eigenvalue weighted by molar-refractivity contribution is 5.82. The minimum atomic E-state index is -5.10. The summed E-state index contributed by atoms with van der Waals surface area (Å²) in [6.45, 7) is 2.43. The van der Waals surface area contributed by atoms with E-state index in [0.717, 1.165) is 25.1 Å². The van der Waals surface area contributed by atoms with Crippen LogP contribution in [0.25, 0.3) is 0 Å². The number of hydrogen-bond donors (Lipinski definition) is 2. The fourth-order valence-electron chi connectivity index (χ4n) is 2.35. The van der Waals surface area contributed by atoms with Gasteiger partial charge in [0, 0.05) is 6.54 Å². The van der Waals surface area contributed by atoms with Gasteiger partial charge in [0.1, 0.15) is 0 Å². The van der Waals surface area contributed by atoms with E-state index >= 15 is 0 Å². The number of alkyl halides is 3. The summed E-state index contributed by atoms with van der Waals surface area (Å²) >= 11 is 0. The van der Waals surface area contributed by atoms with Crippen molar-refractivity contribution >= 4 is 11.9 Å². The Morgan fingerprint density at radius 1 is 1.35 bits per heavy atom. The predicted molar refractivity (Wildman–Crippen MR) is 75.4 cm³/mol. The molecule has 126 valence electrons. The largest absolute Gasteiger partial charge is 0.490 e. The molecule has 1 atom stereocenters. The van der Waals surface area contributed by atoms with E-state index < -0.39 is 30.7 Å². The van der Waals surface area contributed by atoms with Crippen LogP contribution in [0.5, 0.6) is 0 Å². The van der Waals surface area contributed by atoms with Crippen LogP contribution in [0.4, 0.5) is 13.2 Å². The number of carbonyl (C=O) groups is 2. The van der Waals surface area contributed by atoms with Gasteiger partial charge in [0.25, 0.3) is 5.91 Å². The molecule has 0 saturated heterocycles. The molecule has 23 heavy (non-hydrogen) atoms. The highest BCUT2D eigenvalue weighted by Crippen LogP contribution is 2.20. The second kappa shape index (κ2) is 6.99. The van der Waals surface area contributed by atoms with Crippen molar-refractivity contribution in [2.45, 2.75) is 32.1 Å². The third-order valence-corrected chi connectivity index (χ3v) is 3.56. The first-order valence-corrected chi connectivity index (χ1v) is 7.13. The van der Waals surface area contributed by atoms with E-state index in [9.17, 15) is 22.8 Å². The molecule has 1 unspecified atom stereocenters.